The summed E-state index contributed by atoms with van der Waals surface area (Å²) in [6, 6.07) is 12.0. The third kappa shape index (κ3) is 2.85. The molecule has 0 fully saturated rings. The standard InChI is InChI=1S/C16H18N2O2/c19-16(17-11-14-7-4-10-20-14)12-18-9-3-6-13-5-1-2-8-15(13)18/h1-2,4-5,7-8,10H,3,6,9,11-12H2,(H,17,19). The molecular formula is C16H18N2O2. The number of carbonyl (C=O) groups excluding carboxylic acids is 1. The van der Waals surface area contributed by atoms with Gasteiger partial charge < -0.3 is 14.6 Å². The Morgan fingerprint density at radius 2 is 2.15 bits per heavy atom. The van der Waals surface area contributed by atoms with E-state index >= 15 is 0 Å². The van der Waals surface area contributed by atoms with Crippen molar-refractivity contribution in [1.82, 2.24) is 5.32 Å². The summed E-state index contributed by atoms with van der Waals surface area (Å²) in [5.74, 6) is 0.801. The Morgan fingerprint density at radius 3 is 3.00 bits per heavy atom. The highest BCUT2D eigenvalue weighted by atomic mass is 16.3. The van der Waals surface area contributed by atoms with E-state index < -0.39 is 0 Å². The number of nitrogens with one attached hydrogen (secondary N) is 1. The molecular weight excluding hydrogens is 252 g/mol. The first-order valence-corrected chi connectivity index (χ1v) is 6.95. The molecule has 0 bridgehead atoms. The molecule has 4 nitrogen and oxygen atoms in total. The van der Waals surface area contributed by atoms with Gasteiger partial charge in [0.15, 0.2) is 0 Å². The Labute approximate surface area is 118 Å². The third-order valence-corrected chi connectivity index (χ3v) is 3.58. The van der Waals surface area contributed by atoms with E-state index in [-0.39, 0.29) is 5.91 Å². The Balaban J connectivity index is 1.59. The normalized spacial score (nSPS) is 13.9. The van der Waals surface area contributed by atoms with Crippen LogP contribution in [0, 0.1) is 0 Å². The summed E-state index contributed by atoms with van der Waals surface area (Å²) in [6.07, 6.45) is 3.81. The van der Waals surface area contributed by atoms with Crippen LogP contribution in [0.5, 0.6) is 0 Å². The number of anilines is 1. The van der Waals surface area contributed by atoms with Crippen LogP contribution in [-0.2, 0) is 17.8 Å². The van der Waals surface area contributed by atoms with Crippen molar-refractivity contribution in [3.8, 4) is 0 Å². The molecule has 1 aromatic carbocycles. The monoisotopic (exact) mass is 270 g/mol. The van der Waals surface area contributed by atoms with Gasteiger partial charge in [0, 0.05) is 12.2 Å². The lowest BCUT2D eigenvalue weighted by molar-refractivity contribution is -0.120. The molecule has 2 aromatic rings. The number of fused-ring (bicyclic) bond motifs is 1. The number of carbonyl (C=O) groups is 1. The maximum Gasteiger partial charge on any atom is 0.239 e. The summed E-state index contributed by atoms with van der Waals surface area (Å²) in [4.78, 5) is 14.2. The molecule has 4 heteroatoms. The van der Waals surface area contributed by atoms with Gasteiger partial charge >= 0.3 is 0 Å². The quantitative estimate of drug-likeness (QED) is 0.927. The van der Waals surface area contributed by atoms with Crippen LogP contribution in [0.15, 0.2) is 47.1 Å². The van der Waals surface area contributed by atoms with E-state index in [4.69, 9.17) is 4.42 Å². The van der Waals surface area contributed by atoms with Crippen molar-refractivity contribution in [2.24, 2.45) is 0 Å². The summed E-state index contributed by atoms with van der Waals surface area (Å²) in [5, 5.41) is 2.89. The first-order valence-electron chi connectivity index (χ1n) is 6.95. The average Bonchev–Trinajstić information content (AvgIpc) is 2.99. The number of aryl methyl sites for hydroxylation is 1. The van der Waals surface area contributed by atoms with Crippen molar-refractivity contribution in [2.75, 3.05) is 18.0 Å². The largest absolute Gasteiger partial charge is 0.467 e. The van der Waals surface area contributed by atoms with Crippen LogP contribution in [0.1, 0.15) is 17.7 Å². The van der Waals surface area contributed by atoms with Crippen LogP contribution in [0.4, 0.5) is 5.69 Å². The van der Waals surface area contributed by atoms with E-state index in [0.717, 1.165) is 25.1 Å². The molecule has 1 aliphatic heterocycles. The van der Waals surface area contributed by atoms with Crippen molar-refractivity contribution >= 4 is 11.6 Å². The number of hydrogen-bond donors (Lipinski definition) is 1. The van der Waals surface area contributed by atoms with Crippen molar-refractivity contribution in [2.45, 2.75) is 19.4 Å². The van der Waals surface area contributed by atoms with E-state index in [0.29, 0.717) is 13.1 Å². The maximum absolute atomic E-state index is 12.0. The van der Waals surface area contributed by atoms with Gasteiger partial charge in [-0.1, -0.05) is 18.2 Å². The number of amides is 1. The number of nitrogens with zero attached hydrogens (tertiary/aromatic N) is 1. The van der Waals surface area contributed by atoms with Crippen LogP contribution in [-0.4, -0.2) is 19.0 Å². The molecule has 0 atom stereocenters. The number of furan rings is 1. The molecule has 0 aliphatic carbocycles. The highest BCUT2D eigenvalue weighted by molar-refractivity contribution is 5.81. The molecule has 0 radical (unpaired) electrons. The third-order valence-electron chi connectivity index (χ3n) is 3.58. The second kappa shape index (κ2) is 5.82. The van der Waals surface area contributed by atoms with Gasteiger partial charge in [-0.15, -0.1) is 0 Å². The van der Waals surface area contributed by atoms with Gasteiger partial charge in [0.1, 0.15) is 5.76 Å². The van der Waals surface area contributed by atoms with Crippen molar-refractivity contribution in [3.63, 3.8) is 0 Å². The molecule has 1 N–H and O–H groups in total. The van der Waals surface area contributed by atoms with Crippen LogP contribution in [0.2, 0.25) is 0 Å². The SMILES string of the molecule is O=C(CN1CCCc2ccccc21)NCc1ccco1. The number of benzene rings is 1. The molecule has 2 heterocycles. The second-order valence-corrected chi connectivity index (χ2v) is 5.01. The predicted octanol–water partition coefficient (Wildman–Crippen LogP) is 2.35. The first-order chi connectivity index (χ1) is 9.83. The number of para-hydroxylation sites is 1. The zero-order chi connectivity index (χ0) is 13.8. The van der Waals surface area contributed by atoms with Gasteiger partial charge in [-0.05, 0) is 36.6 Å². The van der Waals surface area contributed by atoms with Crippen LogP contribution >= 0.6 is 0 Å². The zero-order valence-electron chi connectivity index (χ0n) is 11.3. The minimum atomic E-state index is 0.0260. The van der Waals surface area contributed by atoms with Gasteiger partial charge in [0.05, 0.1) is 19.4 Å². The maximum atomic E-state index is 12.0. The Bertz CT molecular complexity index is 578. The van der Waals surface area contributed by atoms with Crippen LogP contribution in [0.3, 0.4) is 0 Å². The average molecular weight is 270 g/mol. The lowest BCUT2D eigenvalue weighted by Crippen LogP contribution is -2.39. The van der Waals surface area contributed by atoms with Crippen molar-refractivity contribution in [3.05, 3.63) is 54.0 Å². The molecule has 0 spiro atoms. The highest BCUT2D eigenvalue weighted by Crippen LogP contribution is 2.26. The van der Waals surface area contributed by atoms with Gasteiger partial charge in [0.2, 0.25) is 5.91 Å². The lowest BCUT2D eigenvalue weighted by atomic mass is 10.0. The van der Waals surface area contributed by atoms with Crippen LogP contribution in [0.25, 0.3) is 0 Å². The number of hydrogen-bond acceptors (Lipinski definition) is 3. The Hall–Kier alpha value is -2.23. The minimum absolute atomic E-state index is 0.0260. The fourth-order valence-corrected chi connectivity index (χ4v) is 2.60. The smallest absolute Gasteiger partial charge is 0.239 e. The Morgan fingerprint density at radius 1 is 1.25 bits per heavy atom. The summed E-state index contributed by atoms with van der Waals surface area (Å²) in [6.45, 7) is 1.78. The molecule has 0 saturated heterocycles. The first kappa shape index (κ1) is 12.8. The molecule has 1 aromatic heterocycles. The van der Waals surface area contributed by atoms with E-state index in [2.05, 4.69) is 28.4 Å². The summed E-state index contributed by atoms with van der Waals surface area (Å²) >= 11 is 0. The molecule has 104 valence electrons. The van der Waals surface area contributed by atoms with Crippen molar-refractivity contribution < 1.29 is 9.21 Å². The van der Waals surface area contributed by atoms with Gasteiger partial charge in [-0.3, -0.25) is 4.79 Å². The zero-order valence-corrected chi connectivity index (χ0v) is 11.3. The van der Waals surface area contributed by atoms with Gasteiger partial charge in [0.25, 0.3) is 0 Å². The van der Waals surface area contributed by atoms with E-state index in [9.17, 15) is 4.79 Å². The number of rotatable bonds is 4. The lowest BCUT2D eigenvalue weighted by Gasteiger charge is -2.30. The highest BCUT2D eigenvalue weighted by Gasteiger charge is 2.18. The molecule has 20 heavy (non-hydrogen) atoms. The van der Waals surface area contributed by atoms with Gasteiger partial charge in [-0.2, -0.15) is 0 Å². The van der Waals surface area contributed by atoms with Gasteiger partial charge in [-0.25, -0.2) is 0 Å². The van der Waals surface area contributed by atoms with E-state index in [1.165, 1.54) is 11.3 Å². The molecule has 3 rings (SSSR count). The predicted molar refractivity (Wildman–Crippen MR) is 77.5 cm³/mol. The Kier molecular flexibility index (Phi) is 3.72. The molecule has 0 unspecified atom stereocenters. The topological polar surface area (TPSA) is 45.5 Å². The molecule has 1 aliphatic rings. The minimum Gasteiger partial charge on any atom is -0.467 e. The summed E-state index contributed by atoms with van der Waals surface area (Å²) in [5.41, 5.74) is 2.52. The van der Waals surface area contributed by atoms with Crippen LogP contribution < -0.4 is 10.2 Å². The fraction of sp³-hybridized carbons (Fsp3) is 0.312. The summed E-state index contributed by atoms with van der Waals surface area (Å²) < 4.78 is 5.20. The van der Waals surface area contributed by atoms with E-state index in [1.54, 1.807) is 6.26 Å². The van der Waals surface area contributed by atoms with E-state index in [1.807, 2.05) is 18.2 Å². The second-order valence-electron chi connectivity index (χ2n) is 5.01. The molecule has 0 saturated carbocycles. The summed E-state index contributed by atoms with van der Waals surface area (Å²) in [7, 11) is 0. The molecule has 1 amide bonds. The fourth-order valence-electron chi connectivity index (χ4n) is 2.60. The van der Waals surface area contributed by atoms with Crippen molar-refractivity contribution in [1.29, 1.82) is 0 Å².